The summed E-state index contributed by atoms with van der Waals surface area (Å²) >= 11 is 0. The second kappa shape index (κ2) is 12.3. The summed E-state index contributed by atoms with van der Waals surface area (Å²) in [6.07, 6.45) is 0. The number of hydrogen-bond acceptors (Lipinski definition) is 3. The lowest BCUT2D eigenvalue weighted by atomic mass is 9.82. The molecule has 2 heterocycles. The van der Waals surface area contributed by atoms with E-state index >= 15 is 0 Å². The smallest absolute Gasteiger partial charge is 0.144 e. The van der Waals surface area contributed by atoms with Crippen molar-refractivity contribution in [1.82, 2.24) is 0 Å². The number of anilines is 3. The molecule has 58 heavy (non-hydrogen) atoms. The predicted molar refractivity (Wildman–Crippen MR) is 242 cm³/mol. The molecule has 1 aliphatic carbocycles. The third kappa shape index (κ3) is 4.74. The molecule has 3 nitrogen and oxygen atoms in total. The van der Waals surface area contributed by atoms with Crippen LogP contribution in [0.2, 0.25) is 0 Å². The summed E-state index contributed by atoms with van der Waals surface area (Å²) in [5, 5.41) is 6.55. The molecule has 0 amide bonds. The first-order chi connectivity index (χ1) is 28.5. The Balaban J connectivity index is 1.15. The molecule has 11 aromatic rings. The summed E-state index contributed by atoms with van der Waals surface area (Å²) in [5.74, 6) is 0. The highest BCUT2D eigenvalue weighted by Crippen LogP contribution is 2.53. The van der Waals surface area contributed by atoms with E-state index in [2.05, 4.69) is 201 Å². The second-order valence-corrected chi connectivity index (χ2v) is 16.0. The van der Waals surface area contributed by atoms with E-state index in [1.54, 1.807) is 0 Å². The number of hydrogen-bond donors (Lipinski definition) is 0. The van der Waals surface area contributed by atoms with Crippen molar-refractivity contribution in [1.29, 1.82) is 0 Å². The Morgan fingerprint density at radius 2 is 1.07 bits per heavy atom. The van der Waals surface area contributed by atoms with Crippen LogP contribution in [-0.2, 0) is 5.41 Å². The summed E-state index contributed by atoms with van der Waals surface area (Å²) < 4.78 is 13.8. The summed E-state index contributed by atoms with van der Waals surface area (Å²) in [7, 11) is 0. The average Bonchev–Trinajstić information content (AvgIpc) is 3.91. The topological polar surface area (TPSA) is 29.5 Å². The van der Waals surface area contributed by atoms with Crippen molar-refractivity contribution in [2.45, 2.75) is 19.3 Å². The Labute approximate surface area is 336 Å². The van der Waals surface area contributed by atoms with Gasteiger partial charge in [-0.25, -0.2) is 0 Å². The van der Waals surface area contributed by atoms with Crippen LogP contribution in [0.1, 0.15) is 25.0 Å². The maximum atomic E-state index is 7.11. The minimum atomic E-state index is -0.154. The van der Waals surface area contributed by atoms with Crippen molar-refractivity contribution in [3.63, 3.8) is 0 Å². The van der Waals surface area contributed by atoms with E-state index in [9.17, 15) is 0 Å². The van der Waals surface area contributed by atoms with Crippen molar-refractivity contribution in [3.8, 4) is 33.4 Å². The zero-order chi connectivity index (χ0) is 38.5. The SMILES string of the molecule is CC1(C)c2ccccc2-c2ccc(N(c3cccc4ccccc34)c3cccc4oc5c(-c6ccc(-c7ccccc7)cc6)c6c(cc5c34)oc3ccccc36)cc21. The number of fused-ring (bicyclic) bond motifs is 10. The zero-order valence-corrected chi connectivity index (χ0v) is 32.2. The Hall–Kier alpha value is -7.36. The monoisotopic (exact) mass is 743 g/mol. The van der Waals surface area contributed by atoms with Crippen LogP contribution < -0.4 is 4.90 Å². The summed E-state index contributed by atoms with van der Waals surface area (Å²) in [6, 6.07) is 67.5. The van der Waals surface area contributed by atoms with E-state index in [1.807, 2.05) is 6.07 Å². The van der Waals surface area contributed by atoms with Gasteiger partial charge in [-0.15, -0.1) is 0 Å². The van der Waals surface area contributed by atoms with Gasteiger partial charge in [-0.1, -0.05) is 159 Å². The number of rotatable bonds is 5. The third-order valence-corrected chi connectivity index (χ3v) is 12.5. The van der Waals surface area contributed by atoms with Gasteiger partial charge < -0.3 is 13.7 Å². The first-order valence-electron chi connectivity index (χ1n) is 20.0. The van der Waals surface area contributed by atoms with Crippen LogP contribution in [0.3, 0.4) is 0 Å². The van der Waals surface area contributed by atoms with Crippen LogP contribution in [0.15, 0.2) is 197 Å². The van der Waals surface area contributed by atoms with Crippen LogP contribution >= 0.6 is 0 Å². The van der Waals surface area contributed by atoms with E-state index < -0.39 is 0 Å². The van der Waals surface area contributed by atoms with E-state index in [4.69, 9.17) is 8.83 Å². The maximum Gasteiger partial charge on any atom is 0.144 e. The molecule has 0 N–H and O–H groups in total. The Morgan fingerprint density at radius 1 is 0.414 bits per heavy atom. The molecule has 0 aliphatic heterocycles. The Morgan fingerprint density at radius 3 is 1.95 bits per heavy atom. The number of benzene rings is 9. The van der Waals surface area contributed by atoms with E-state index in [0.29, 0.717) is 0 Å². The minimum absolute atomic E-state index is 0.154. The van der Waals surface area contributed by atoms with Gasteiger partial charge in [0.2, 0.25) is 0 Å². The molecule has 0 radical (unpaired) electrons. The summed E-state index contributed by atoms with van der Waals surface area (Å²) in [5.41, 5.74) is 16.2. The van der Waals surface area contributed by atoms with Gasteiger partial charge in [0.15, 0.2) is 0 Å². The highest BCUT2D eigenvalue weighted by molar-refractivity contribution is 6.26. The standard InChI is InChI=1S/C55H37NO2/c1-55(2)44-21-10-8-19-40(44)41-31-30-38(32-45(41)55)56(46-22-12-17-36-16-6-7-18-39(36)46)47-23-13-25-49-52(47)43-33-50-53(42-20-9-11-24-48(42)57-50)51(54(43)58-49)37-28-26-35(27-29-37)34-14-4-3-5-15-34/h3-33H,1-2H3. The maximum absolute atomic E-state index is 7.11. The lowest BCUT2D eigenvalue weighted by Crippen LogP contribution is -2.16. The summed E-state index contributed by atoms with van der Waals surface area (Å²) in [6.45, 7) is 4.70. The molecule has 2 aromatic heterocycles. The van der Waals surface area contributed by atoms with Crippen LogP contribution in [0.25, 0.3) is 88.0 Å². The number of para-hydroxylation sites is 1. The zero-order valence-electron chi connectivity index (χ0n) is 32.2. The largest absolute Gasteiger partial charge is 0.456 e. The highest BCUT2D eigenvalue weighted by atomic mass is 16.3. The highest BCUT2D eigenvalue weighted by Gasteiger charge is 2.36. The van der Waals surface area contributed by atoms with Gasteiger partial charge in [-0.05, 0) is 86.8 Å². The van der Waals surface area contributed by atoms with Crippen molar-refractivity contribution in [3.05, 3.63) is 199 Å². The molecular weight excluding hydrogens is 707 g/mol. The lowest BCUT2D eigenvalue weighted by molar-refractivity contribution is 0.660. The molecule has 0 unspecified atom stereocenters. The normalized spacial score (nSPS) is 13.1. The van der Waals surface area contributed by atoms with E-state index in [0.717, 1.165) is 72.1 Å². The molecule has 0 spiro atoms. The van der Waals surface area contributed by atoms with Crippen LogP contribution in [0.4, 0.5) is 17.1 Å². The first-order valence-corrected chi connectivity index (χ1v) is 20.0. The molecule has 0 saturated heterocycles. The molecule has 0 saturated carbocycles. The lowest BCUT2D eigenvalue weighted by Gasteiger charge is -2.29. The van der Waals surface area contributed by atoms with E-state index in [1.165, 1.54) is 44.2 Å². The quantitative estimate of drug-likeness (QED) is 0.176. The molecule has 9 aromatic carbocycles. The molecule has 274 valence electrons. The van der Waals surface area contributed by atoms with Gasteiger partial charge in [0.05, 0.1) is 16.8 Å². The molecule has 1 aliphatic rings. The van der Waals surface area contributed by atoms with Crippen molar-refractivity contribution < 1.29 is 8.83 Å². The number of nitrogens with zero attached hydrogens (tertiary/aromatic N) is 1. The van der Waals surface area contributed by atoms with Gasteiger partial charge >= 0.3 is 0 Å². The average molecular weight is 744 g/mol. The van der Waals surface area contributed by atoms with Crippen molar-refractivity contribution in [2.75, 3.05) is 4.90 Å². The first kappa shape index (κ1) is 32.8. The number of furan rings is 2. The van der Waals surface area contributed by atoms with Gasteiger partial charge in [-0.2, -0.15) is 0 Å². The molecule has 3 heteroatoms. The summed E-state index contributed by atoms with van der Waals surface area (Å²) in [4.78, 5) is 2.44. The molecule has 0 bridgehead atoms. The second-order valence-electron chi connectivity index (χ2n) is 16.0. The Kier molecular flexibility index (Phi) is 6.98. The van der Waals surface area contributed by atoms with Gasteiger partial charge in [-0.3, -0.25) is 0 Å². The molecular formula is C55H37NO2. The fourth-order valence-corrected chi connectivity index (χ4v) is 9.71. The van der Waals surface area contributed by atoms with Crippen molar-refractivity contribution >= 4 is 71.7 Å². The van der Waals surface area contributed by atoms with Gasteiger partial charge in [0, 0.05) is 38.2 Å². The third-order valence-electron chi connectivity index (χ3n) is 12.5. The minimum Gasteiger partial charge on any atom is -0.456 e. The van der Waals surface area contributed by atoms with Crippen molar-refractivity contribution in [2.24, 2.45) is 0 Å². The van der Waals surface area contributed by atoms with Gasteiger partial charge in [0.1, 0.15) is 22.3 Å². The van der Waals surface area contributed by atoms with Crippen LogP contribution in [-0.4, -0.2) is 0 Å². The molecule has 12 rings (SSSR count). The Bertz CT molecular complexity index is 3420. The fraction of sp³-hybridized carbons (Fsp3) is 0.0545. The van der Waals surface area contributed by atoms with Crippen LogP contribution in [0, 0.1) is 0 Å². The van der Waals surface area contributed by atoms with Crippen LogP contribution in [0.5, 0.6) is 0 Å². The molecule has 0 atom stereocenters. The van der Waals surface area contributed by atoms with Gasteiger partial charge in [0.25, 0.3) is 0 Å². The van der Waals surface area contributed by atoms with E-state index in [-0.39, 0.29) is 5.41 Å². The molecule has 0 fully saturated rings. The predicted octanol–water partition coefficient (Wildman–Crippen LogP) is 15.7. The fourth-order valence-electron chi connectivity index (χ4n) is 9.71.